The van der Waals surface area contributed by atoms with E-state index in [9.17, 15) is 22.0 Å². The Hall–Kier alpha value is -1.98. The molecule has 0 unspecified atom stereocenters. The first-order valence-corrected chi connectivity index (χ1v) is 5.28. The Morgan fingerprint density at radius 3 is 2.26 bits per heavy atom. The summed E-state index contributed by atoms with van der Waals surface area (Å²) in [5, 5.41) is 0. The zero-order valence-electron chi connectivity index (χ0n) is 9.72. The van der Waals surface area contributed by atoms with Gasteiger partial charge in [0.1, 0.15) is 11.6 Å². The molecule has 0 bridgehead atoms. The molecular formula is C13H8F5N. The molecule has 0 aliphatic heterocycles. The van der Waals surface area contributed by atoms with Gasteiger partial charge in [-0.1, -0.05) is 0 Å². The molecule has 0 atom stereocenters. The first-order chi connectivity index (χ1) is 8.79. The van der Waals surface area contributed by atoms with Crippen LogP contribution in [0, 0.1) is 18.6 Å². The average molecular weight is 273 g/mol. The van der Waals surface area contributed by atoms with Gasteiger partial charge in [-0.05, 0) is 25.1 Å². The van der Waals surface area contributed by atoms with Crippen molar-refractivity contribution in [3.63, 3.8) is 0 Å². The van der Waals surface area contributed by atoms with Crippen molar-refractivity contribution in [2.75, 3.05) is 0 Å². The molecule has 1 aromatic heterocycles. The summed E-state index contributed by atoms with van der Waals surface area (Å²) in [4.78, 5) is 3.73. The monoisotopic (exact) mass is 273 g/mol. The van der Waals surface area contributed by atoms with E-state index in [0.29, 0.717) is 6.07 Å². The molecule has 2 aromatic rings. The summed E-state index contributed by atoms with van der Waals surface area (Å²) in [6.07, 6.45) is -3.70. The molecule has 0 amide bonds. The van der Waals surface area contributed by atoms with Crippen LogP contribution in [-0.4, -0.2) is 4.98 Å². The smallest absolute Gasteiger partial charge is 0.261 e. The van der Waals surface area contributed by atoms with Gasteiger partial charge in [0, 0.05) is 29.1 Å². The number of benzene rings is 1. The second-order valence-electron chi connectivity index (χ2n) is 3.99. The van der Waals surface area contributed by atoms with Gasteiger partial charge in [-0.2, -0.15) is 13.2 Å². The van der Waals surface area contributed by atoms with Crippen LogP contribution in [0.3, 0.4) is 0 Å². The Bertz CT molecular complexity index is 619. The molecule has 0 aliphatic carbocycles. The predicted octanol–water partition coefficient (Wildman–Crippen LogP) is 4.35. The number of halogens is 5. The van der Waals surface area contributed by atoms with Crippen molar-refractivity contribution in [1.29, 1.82) is 0 Å². The molecule has 1 heterocycles. The maximum absolute atomic E-state index is 13.6. The van der Waals surface area contributed by atoms with Gasteiger partial charge in [-0.25, -0.2) is 8.78 Å². The minimum absolute atomic E-state index is 0.165. The summed E-state index contributed by atoms with van der Waals surface area (Å²) in [5.74, 6) is -1.91. The molecule has 6 heteroatoms. The van der Waals surface area contributed by atoms with E-state index in [1.807, 2.05) is 0 Å². The quantitative estimate of drug-likeness (QED) is 0.704. The molecule has 0 saturated carbocycles. The van der Waals surface area contributed by atoms with Crippen LogP contribution in [-0.2, 0) is 6.18 Å². The second kappa shape index (κ2) is 4.60. The van der Waals surface area contributed by atoms with E-state index in [-0.39, 0.29) is 11.3 Å². The first kappa shape index (κ1) is 13.5. The Labute approximate surface area is 105 Å². The molecule has 0 fully saturated rings. The van der Waals surface area contributed by atoms with Crippen LogP contribution in [0.15, 0.2) is 30.5 Å². The Morgan fingerprint density at radius 1 is 1.00 bits per heavy atom. The van der Waals surface area contributed by atoms with E-state index >= 15 is 0 Å². The maximum Gasteiger partial charge on any atom is 0.417 e. The normalized spacial score (nSPS) is 11.7. The van der Waals surface area contributed by atoms with Crippen molar-refractivity contribution in [1.82, 2.24) is 4.98 Å². The summed E-state index contributed by atoms with van der Waals surface area (Å²) in [5.41, 5.74) is -1.57. The topological polar surface area (TPSA) is 12.9 Å². The largest absolute Gasteiger partial charge is 0.417 e. The van der Waals surface area contributed by atoms with Gasteiger partial charge in [0.05, 0.1) is 5.56 Å². The van der Waals surface area contributed by atoms with Crippen LogP contribution in [0.5, 0.6) is 0 Å². The van der Waals surface area contributed by atoms with Crippen molar-refractivity contribution < 1.29 is 22.0 Å². The minimum Gasteiger partial charge on any atom is -0.261 e. The summed E-state index contributed by atoms with van der Waals surface area (Å²) >= 11 is 0. The summed E-state index contributed by atoms with van der Waals surface area (Å²) < 4.78 is 65.1. The highest BCUT2D eigenvalue weighted by atomic mass is 19.4. The van der Waals surface area contributed by atoms with Crippen LogP contribution in [0.1, 0.15) is 11.3 Å². The van der Waals surface area contributed by atoms with E-state index in [0.717, 1.165) is 24.4 Å². The number of rotatable bonds is 1. The van der Waals surface area contributed by atoms with Crippen LogP contribution >= 0.6 is 0 Å². The number of alkyl halides is 3. The number of aromatic nitrogens is 1. The molecule has 2 rings (SSSR count). The highest BCUT2D eigenvalue weighted by Gasteiger charge is 2.34. The van der Waals surface area contributed by atoms with Crippen LogP contribution in [0.25, 0.3) is 11.1 Å². The maximum atomic E-state index is 13.6. The van der Waals surface area contributed by atoms with E-state index in [4.69, 9.17) is 0 Å². The molecule has 100 valence electrons. The van der Waals surface area contributed by atoms with Gasteiger partial charge < -0.3 is 0 Å². The number of aryl methyl sites for hydroxylation is 1. The van der Waals surface area contributed by atoms with E-state index in [1.165, 1.54) is 6.92 Å². The van der Waals surface area contributed by atoms with Crippen LogP contribution in [0.4, 0.5) is 22.0 Å². The van der Waals surface area contributed by atoms with Crippen LogP contribution < -0.4 is 0 Å². The third-order valence-corrected chi connectivity index (χ3v) is 2.57. The molecule has 1 aromatic carbocycles. The highest BCUT2D eigenvalue weighted by molar-refractivity contribution is 5.68. The van der Waals surface area contributed by atoms with E-state index < -0.39 is 28.9 Å². The molecule has 0 radical (unpaired) electrons. The van der Waals surface area contributed by atoms with Gasteiger partial charge in [0.15, 0.2) is 0 Å². The number of hydrogen-bond acceptors (Lipinski definition) is 1. The van der Waals surface area contributed by atoms with Gasteiger partial charge in [0.2, 0.25) is 0 Å². The third-order valence-electron chi connectivity index (χ3n) is 2.57. The van der Waals surface area contributed by atoms with E-state index in [1.54, 1.807) is 0 Å². The molecule has 1 nitrogen and oxygen atoms in total. The van der Waals surface area contributed by atoms with Gasteiger partial charge >= 0.3 is 6.18 Å². The lowest BCUT2D eigenvalue weighted by Gasteiger charge is -2.13. The molecule has 19 heavy (non-hydrogen) atoms. The number of pyridine rings is 1. The Balaban J connectivity index is 2.68. The van der Waals surface area contributed by atoms with Crippen molar-refractivity contribution in [2.45, 2.75) is 13.1 Å². The third kappa shape index (κ3) is 2.72. The molecular weight excluding hydrogens is 265 g/mol. The average Bonchev–Trinajstić information content (AvgIpc) is 2.28. The van der Waals surface area contributed by atoms with Gasteiger partial charge in [-0.3, -0.25) is 4.98 Å². The lowest BCUT2D eigenvalue weighted by atomic mass is 10.0. The fourth-order valence-electron chi connectivity index (χ4n) is 1.72. The molecule has 0 aliphatic rings. The minimum atomic E-state index is -4.64. The summed E-state index contributed by atoms with van der Waals surface area (Å²) in [7, 11) is 0. The Kier molecular flexibility index (Phi) is 3.26. The van der Waals surface area contributed by atoms with Crippen LogP contribution in [0.2, 0.25) is 0 Å². The lowest BCUT2D eigenvalue weighted by molar-refractivity contribution is -0.137. The molecule has 0 N–H and O–H groups in total. The van der Waals surface area contributed by atoms with Gasteiger partial charge in [0.25, 0.3) is 0 Å². The SMILES string of the molecule is Cc1cc(C(F)(F)F)c(-c2ccc(F)cc2F)cn1. The fraction of sp³-hybridized carbons (Fsp3) is 0.154. The molecule has 0 spiro atoms. The molecule has 0 saturated heterocycles. The van der Waals surface area contributed by atoms with Crippen molar-refractivity contribution >= 4 is 0 Å². The highest BCUT2D eigenvalue weighted by Crippen LogP contribution is 2.37. The van der Waals surface area contributed by atoms with E-state index in [2.05, 4.69) is 4.98 Å². The number of nitrogens with zero attached hydrogens (tertiary/aromatic N) is 1. The Morgan fingerprint density at radius 2 is 1.68 bits per heavy atom. The second-order valence-corrected chi connectivity index (χ2v) is 3.99. The number of hydrogen-bond donors (Lipinski definition) is 0. The fourth-order valence-corrected chi connectivity index (χ4v) is 1.72. The summed E-state index contributed by atoms with van der Waals surface area (Å²) in [6.45, 7) is 1.40. The van der Waals surface area contributed by atoms with Crippen molar-refractivity contribution in [3.05, 3.63) is 53.4 Å². The predicted molar refractivity (Wildman–Crippen MR) is 59.3 cm³/mol. The van der Waals surface area contributed by atoms with Crippen molar-refractivity contribution in [3.8, 4) is 11.1 Å². The zero-order valence-corrected chi connectivity index (χ0v) is 9.72. The summed E-state index contributed by atoms with van der Waals surface area (Å²) in [6, 6.07) is 3.23. The van der Waals surface area contributed by atoms with Gasteiger partial charge in [-0.15, -0.1) is 0 Å². The zero-order chi connectivity index (χ0) is 14.2. The lowest BCUT2D eigenvalue weighted by Crippen LogP contribution is -2.09. The first-order valence-electron chi connectivity index (χ1n) is 5.28. The van der Waals surface area contributed by atoms with Crippen molar-refractivity contribution in [2.24, 2.45) is 0 Å². The standard InChI is InChI=1S/C13H8F5N/c1-7-4-11(13(16,17)18)10(6-19-7)9-3-2-8(14)5-12(9)15/h2-6H,1H3.